The van der Waals surface area contributed by atoms with Gasteiger partial charge in [0.2, 0.25) is 0 Å². The van der Waals surface area contributed by atoms with E-state index in [1.54, 1.807) is 0 Å². The van der Waals surface area contributed by atoms with Crippen LogP contribution in [0.2, 0.25) is 5.02 Å². The number of hydrogen-bond acceptors (Lipinski definition) is 4. The van der Waals surface area contributed by atoms with Crippen LogP contribution in [0.4, 0.5) is 4.39 Å². The third kappa shape index (κ3) is 6.59. The molecule has 1 aromatic rings. The van der Waals surface area contributed by atoms with Crippen LogP contribution in [-0.4, -0.2) is 36.7 Å². The van der Waals surface area contributed by atoms with Crippen LogP contribution in [0.15, 0.2) is 12.1 Å². The van der Waals surface area contributed by atoms with Gasteiger partial charge in [0.25, 0.3) is 0 Å². The number of carboxylic acids is 1. The summed E-state index contributed by atoms with van der Waals surface area (Å²) in [6, 6.07) is 2.15. The molecule has 220 valence electrons. The molecule has 1 aliphatic heterocycles. The van der Waals surface area contributed by atoms with Crippen LogP contribution in [0.1, 0.15) is 90.4 Å². The van der Waals surface area contributed by atoms with E-state index in [4.69, 9.17) is 30.9 Å². The quantitative estimate of drug-likeness (QED) is 0.342. The van der Waals surface area contributed by atoms with Gasteiger partial charge in [-0.2, -0.15) is 0 Å². The number of halogens is 2. The van der Waals surface area contributed by atoms with Gasteiger partial charge in [0.15, 0.2) is 5.79 Å². The molecule has 7 heteroatoms. The van der Waals surface area contributed by atoms with Gasteiger partial charge in [-0.15, -0.1) is 0 Å². The van der Waals surface area contributed by atoms with E-state index in [0.29, 0.717) is 60.6 Å². The van der Waals surface area contributed by atoms with Crippen molar-refractivity contribution >= 4 is 17.6 Å². The van der Waals surface area contributed by atoms with Gasteiger partial charge < -0.3 is 19.3 Å². The summed E-state index contributed by atoms with van der Waals surface area (Å²) in [6.45, 7) is 15.4. The van der Waals surface area contributed by atoms with Crippen LogP contribution in [0.5, 0.6) is 5.75 Å². The van der Waals surface area contributed by atoms with E-state index in [2.05, 4.69) is 41.5 Å². The highest BCUT2D eigenvalue weighted by Gasteiger charge is 2.57. The SMILES string of the molecule is CC1CCC(C(C)C)C(C2(C3CC(C)CCC3C(C)C)OCC(COc3cc(F)c(C(=O)O)cc3Cl)CO2)C1. The number of ether oxygens (including phenoxy) is 3. The van der Waals surface area contributed by atoms with E-state index in [-0.39, 0.29) is 23.3 Å². The zero-order valence-electron chi connectivity index (χ0n) is 24.6. The Balaban J connectivity index is 1.56. The molecule has 2 aliphatic carbocycles. The van der Waals surface area contributed by atoms with Crippen molar-refractivity contribution in [3.63, 3.8) is 0 Å². The first-order valence-corrected chi connectivity index (χ1v) is 15.4. The van der Waals surface area contributed by atoms with E-state index in [0.717, 1.165) is 25.0 Å². The number of rotatable bonds is 8. The largest absolute Gasteiger partial charge is 0.491 e. The lowest BCUT2D eigenvalue weighted by atomic mass is 9.58. The Hall–Kier alpha value is -1.37. The average Bonchev–Trinajstić information content (AvgIpc) is 2.88. The Kier molecular flexibility index (Phi) is 9.92. The van der Waals surface area contributed by atoms with Gasteiger partial charge in [0, 0.05) is 23.8 Å². The van der Waals surface area contributed by atoms with Crippen LogP contribution >= 0.6 is 11.6 Å². The van der Waals surface area contributed by atoms with Crippen LogP contribution in [0.25, 0.3) is 0 Å². The Morgan fingerprint density at radius 3 is 1.97 bits per heavy atom. The summed E-state index contributed by atoms with van der Waals surface area (Å²) in [4.78, 5) is 11.2. The maximum absolute atomic E-state index is 14.3. The van der Waals surface area contributed by atoms with Gasteiger partial charge in [-0.05, 0) is 67.3 Å². The lowest BCUT2D eigenvalue weighted by Crippen LogP contribution is -2.61. The number of carbonyl (C=O) groups is 1. The van der Waals surface area contributed by atoms with Gasteiger partial charge in [-0.25, -0.2) is 9.18 Å². The fraction of sp³-hybridized carbons (Fsp3) is 0.781. The molecule has 6 atom stereocenters. The first-order chi connectivity index (χ1) is 18.4. The lowest BCUT2D eigenvalue weighted by Gasteiger charge is -2.57. The van der Waals surface area contributed by atoms with E-state index in [1.165, 1.54) is 25.7 Å². The van der Waals surface area contributed by atoms with Crippen molar-refractivity contribution in [3.05, 3.63) is 28.5 Å². The van der Waals surface area contributed by atoms with Crippen molar-refractivity contribution in [2.24, 2.45) is 53.3 Å². The van der Waals surface area contributed by atoms with Crippen molar-refractivity contribution in [3.8, 4) is 5.75 Å². The number of aromatic carboxylic acids is 1. The molecule has 0 amide bonds. The molecule has 5 nitrogen and oxygen atoms in total. The topological polar surface area (TPSA) is 65.0 Å². The zero-order valence-corrected chi connectivity index (χ0v) is 25.3. The summed E-state index contributed by atoms with van der Waals surface area (Å²) in [5.74, 6) is 1.55. The van der Waals surface area contributed by atoms with E-state index < -0.39 is 23.1 Å². The highest BCUT2D eigenvalue weighted by atomic mass is 35.5. The Bertz CT molecular complexity index is 955. The Morgan fingerprint density at radius 2 is 1.51 bits per heavy atom. The average molecular weight is 567 g/mol. The normalized spacial score (nSPS) is 35.8. The molecular formula is C32H48ClFO5. The lowest BCUT2D eigenvalue weighted by molar-refractivity contribution is -0.359. The van der Waals surface area contributed by atoms with Crippen LogP contribution in [0.3, 0.4) is 0 Å². The van der Waals surface area contributed by atoms with E-state index in [9.17, 15) is 9.18 Å². The molecule has 1 saturated heterocycles. The minimum Gasteiger partial charge on any atom is -0.491 e. The second kappa shape index (κ2) is 12.7. The van der Waals surface area contributed by atoms with Gasteiger partial charge in [-0.3, -0.25) is 0 Å². The van der Waals surface area contributed by atoms with Crippen LogP contribution < -0.4 is 4.74 Å². The van der Waals surface area contributed by atoms with E-state index >= 15 is 0 Å². The van der Waals surface area contributed by atoms with Gasteiger partial charge >= 0.3 is 5.97 Å². The molecule has 1 aromatic carbocycles. The molecule has 2 saturated carbocycles. The molecule has 1 heterocycles. The fourth-order valence-electron chi connectivity index (χ4n) is 7.73. The zero-order chi connectivity index (χ0) is 28.5. The molecule has 1 N–H and O–H groups in total. The maximum atomic E-state index is 14.3. The smallest absolute Gasteiger partial charge is 0.338 e. The summed E-state index contributed by atoms with van der Waals surface area (Å²) >= 11 is 6.21. The summed E-state index contributed by atoms with van der Waals surface area (Å²) in [6.07, 6.45) is 7.22. The number of benzene rings is 1. The predicted octanol–water partition coefficient (Wildman–Crippen LogP) is 8.33. The first kappa shape index (κ1) is 30.6. The van der Waals surface area contributed by atoms with Crippen molar-refractivity contribution in [1.82, 2.24) is 0 Å². The highest BCUT2D eigenvalue weighted by Crippen LogP contribution is 2.55. The Labute approximate surface area is 239 Å². The summed E-state index contributed by atoms with van der Waals surface area (Å²) in [7, 11) is 0. The van der Waals surface area contributed by atoms with Crippen LogP contribution in [-0.2, 0) is 9.47 Å². The molecule has 0 radical (unpaired) electrons. The van der Waals surface area contributed by atoms with Gasteiger partial charge in [-0.1, -0.05) is 66.0 Å². The third-order valence-electron chi connectivity index (χ3n) is 9.89. The van der Waals surface area contributed by atoms with Gasteiger partial charge in [0.1, 0.15) is 11.6 Å². The van der Waals surface area contributed by atoms with Crippen molar-refractivity contribution in [1.29, 1.82) is 0 Å². The molecule has 3 aliphatic rings. The molecule has 4 rings (SSSR count). The Morgan fingerprint density at radius 1 is 1.00 bits per heavy atom. The molecule has 0 spiro atoms. The first-order valence-electron chi connectivity index (χ1n) is 15.1. The maximum Gasteiger partial charge on any atom is 0.338 e. The fourth-order valence-corrected chi connectivity index (χ4v) is 7.94. The molecule has 3 fully saturated rings. The number of carboxylic acid groups (broad SMARTS) is 1. The highest BCUT2D eigenvalue weighted by molar-refractivity contribution is 6.32. The van der Waals surface area contributed by atoms with Gasteiger partial charge in [0.05, 0.1) is 30.4 Å². The summed E-state index contributed by atoms with van der Waals surface area (Å²) in [5, 5.41) is 9.22. The molecule has 39 heavy (non-hydrogen) atoms. The second-order valence-corrected chi connectivity index (χ2v) is 13.9. The molecule has 0 bridgehead atoms. The molecule has 6 unspecified atom stereocenters. The summed E-state index contributed by atoms with van der Waals surface area (Å²) < 4.78 is 34.2. The predicted molar refractivity (Wildman–Crippen MR) is 152 cm³/mol. The summed E-state index contributed by atoms with van der Waals surface area (Å²) in [5.41, 5.74) is -0.468. The van der Waals surface area contributed by atoms with Crippen molar-refractivity contribution < 1.29 is 28.5 Å². The van der Waals surface area contributed by atoms with E-state index in [1.807, 2.05) is 0 Å². The second-order valence-electron chi connectivity index (χ2n) is 13.5. The molecule has 0 aromatic heterocycles. The van der Waals surface area contributed by atoms with Crippen LogP contribution in [0, 0.1) is 59.1 Å². The van der Waals surface area contributed by atoms with Crippen molar-refractivity contribution in [2.75, 3.05) is 19.8 Å². The minimum atomic E-state index is -1.36. The molecular weight excluding hydrogens is 519 g/mol. The van der Waals surface area contributed by atoms with Crippen molar-refractivity contribution in [2.45, 2.75) is 85.9 Å². The third-order valence-corrected chi connectivity index (χ3v) is 10.2. The number of hydrogen-bond donors (Lipinski definition) is 1. The monoisotopic (exact) mass is 566 g/mol. The minimum absolute atomic E-state index is 0.0339. The standard InChI is InChI=1S/C32H48ClFO5/c1-18(2)23-9-7-20(5)11-26(23)32(27-12-21(6)8-10-24(27)19(3)4)38-16-22(17-39-32)15-37-30-14-29(34)25(31(35)36)13-28(30)33/h13-14,18-24,26-27H,7-12,15-17H2,1-6H3,(H,35,36).